The molecule has 1 aliphatic heterocycles. The molecule has 2 heterocycles. The number of Topliss-reactive ketones (excluding diaryl/α,β-unsaturated/α-hetero) is 1. The fourth-order valence-corrected chi connectivity index (χ4v) is 3.99. The smallest absolute Gasteiger partial charge is 0.130 e. The summed E-state index contributed by atoms with van der Waals surface area (Å²) < 4.78 is 6.05. The molecule has 0 spiro atoms. The van der Waals surface area contributed by atoms with Crippen LogP contribution in [0.4, 0.5) is 5.69 Å². The predicted molar refractivity (Wildman–Crippen MR) is 114 cm³/mol. The molecule has 3 aromatic rings. The highest BCUT2D eigenvalue weighted by Crippen LogP contribution is 2.26. The number of aryl methyl sites for hydroxylation is 2. The molecule has 1 fully saturated rings. The monoisotopic (exact) mass is 376 g/mol. The largest absolute Gasteiger partial charge is 0.489 e. The van der Waals surface area contributed by atoms with Gasteiger partial charge in [-0.3, -0.25) is 0 Å². The Hall–Kier alpha value is -2.75. The summed E-state index contributed by atoms with van der Waals surface area (Å²) in [6.45, 7) is 6.72. The zero-order valence-electron chi connectivity index (χ0n) is 16.8. The minimum atomic E-state index is 0.216. The van der Waals surface area contributed by atoms with Gasteiger partial charge in [-0.15, -0.1) is 0 Å². The summed E-state index contributed by atoms with van der Waals surface area (Å²) >= 11 is 0. The number of nitrogens with zero attached hydrogens (tertiary/aromatic N) is 1. The van der Waals surface area contributed by atoms with Crippen LogP contribution in [0.25, 0.3) is 10.9 Å². The normalized spacial score (nSPS) is 14.0. The second-order valence-electron chi connectivity index (χ2n) is 7.85. The van der Waals surface area contributed by atoms with E-state index < -0.39 is 0 Å². The Labute approximate surface area is 166 Å². The number of ketones is 1. The first-order chi connectivity index (χ1) is 13.6. The highest BCUT2D eigenvalue weighted by atomic mass is 16.5. The average Bonchev–Trinajstić information content (AvgIpc) is 3.34. The van der Waals surface area contributed by atoms with Crippen molar-refractivity contribution in [1.82, 2.24) is 4.98 Å². The molecule has 1 saturated heterocycles. The number of rotatable bonds is 7. The first kappa shape index (κ1) is 18.6. The Bertz CT molecular complexity index is 983. The van der Waals surface area contributed by atoms with Gasteiger partial charge < -0.3 is 19.4 Å². The summed E-state index contributed by atoms with van der Waals surface area (Å²) in [5.41, 5.74) is 6.04. The van der Waals surface area contributed by atoms with Crippen molar-refractivity contribution in [2.75, 3.05) is 18.0 Å². The molecular weight excluding hydrogens is 348 g/mol. The third-order valence-electron chi connectivity index (χ3n) is 5.51. The van der Waals surface area contributed by atoms with Crippen LogP contribution in [0.3, 0.4) is 0 Å². The Morgan fingerprint density at radius 1 is 1.11 bits per heavy atom. The zero-order valence-corrected chi connectivity index (χ0v) is 16.8. The van der Waals surface area contributed by atoms with Crippen molar-refractivity contribution in [2.45, 2.75) is 46.1 Å². The lowest BCUT2D eigenvalue weighted by Gasteiger charge is -2.20. The maximum atomic E-state index is 11.2. The van der Waals surface area contributed by atoms with Crippen molar-refractivity contribution >= 4 is 22.4 Å². The molecule has 0 atom stereocenters. The molecule has 0 radical (unpaired) electrons. The maximum absolute atomic E-state index is 11.2. The van der Waals surface area contributed by atoms with E-state index in [1.807, 2.05) is 12.1 Å². The first-order valence-electron chi connectivity index (χ1n) is 10.2. The summed E-state index contributed by atoms with van der Waals surface area (Å²) in [5.74, 6) is 1.08. The van der Waals surface area contributed by atoms with Gasteiger partial charge in [-0.05, 0) is 74.6 Å². The standard InChI is InChI=1S/C24H28N2O2/c1-17-13-19(6-10-24(17)26-11-3-4-12-26)16-28-22-8-9-23-20(15-22)14-21(25-23)7-5-18(2)27/h6,8-10,13-15,25H,3-5,7,11-12,16H2,1-2H3. The Morgan fingerprint density at radius 2 is 1.93 bits per heavy atom. The number of aromatic amines is 1. The molecular formula is C24H28N2O2. The van der Waals surface area contributed by atoms with Crippen molar-refractivity contribution in [3.63, 3.8) is 0 Å². The molecule has 28 heavy (non-hydrogen) atoms. The van der Waals surface area contributed by atoms with Gasteiger partial charge in [-0.2, -0.15) is 0 Å². The van der Waals surface area contributed by atoms with Gasteiger partial charge in [0.2, 0.25) is 0 Å². The molecule has 2 aromatic carbocycles. The molecule has 1 N–H and O–H groups in total. The third kappa shape index (κ3) is 4.22. The summed E-state index contributed by atoms with van der Waals surface area (Å²) in [6, 6.07) is 14.9. The fraction of sp³-hybridized carbons (Fsp3) is 0.375. The molecule has 4 heteroatoms. The fourth-order valence-electron chi connectivity index (χ4n) is 3.99. The minimum absolute atomic E-state index is 0.216. The van der Waals surface area contributed by atoms with Crippen LogP contribution in [0.1, 0.15) is 43.0 Å². The number of H-pyrrole nitrogens is 1. The molecule has 0 aliphatic carbocycles. The van der Waals surface area contributed by atoms with E-state index in [2.05, 4.69) is 47.1 Å². The van der Waals surface area contributed by atoms with Gasteiger partial charge in [0.15, 0.2) is 0 Å². The number of hydrogen-bond donors (Lipinski definition) is 1. The number of ether oxygens (including phenoxy) is 1. The predicted octanol–water partition coefficient (Wildman–Crippen LogP) is 5.18. The Morgan fingerprint density at radius 3 is 2.68 bits per heavy atom. The summed E-state index contributed by atoms with van der Waals surface area (Å²) in [5, 5.41) is 1.12. The van der Waals surface area contributed by atoms with Crippen LogP contribution in [0.2, 0.25) is 0 Å². The molecule has 0 bridgehead atoms. The van der Waals surface area contributed by atoms with Crippen LogP contribution in [0.15, 0.2) is 42.5 Å². The van der Waals surface area contributed by atoms with Crippen LogP contribution in [-0.2, 0) is 17.8 Å². The topological polar surface area (TPSA) is 45.3 Å². The van der Waals surface area contributed by atoms with Gasteiger partial charge in [0.1, 0.15) is 18.1 Å². The minimum Gasteiger partial charge on any atom is -0.489 e. The van der Waals surface area contributed by atoms with E-state index in [1.165, 1.54) is 42.7 Å². The maximum Gasteiger partial charge on any atom is 0.130 e. The molecule has 1 aromatic heterocycles. The molecule has 0 unspecified atom stereocenters. The van der Waals surface area contributed by atoms with Crippen molar-refractivity contribution in [3.05, 3.63) is 59.3 Å². The molecule has 1 aliphatic rings. The second kappa shape index (κ2) is 8.09. The van der Waals surface area contributed by atoms with E-state index in [-0.39, 0.29) is 5.78 Å². The summed E-state index contributed by atoms with van der Waals surface area (Å²) in [6.07, 6.45) is 3.91. The lowest BCUT2D eigenvalue weighted by molar-refractivity contribution is -0.116. The van der Waals surface area contributed by atoms with Crippen LogP contribution >= 0.6 is 0 Å². The van der Waals surface area contributed by atoms with E-state index in [0.29, 0.717) is 13.0 Å². The number of nitrogens with one attached hydrogen (secondary N) is 1. The molecule has 4 rings (SSSR count). The van der Waals surface area contributed by atoms with Crippen molar-refractivity contribution in [3.8, 4) is 5.75 Å². The van der Waals surface area contributed by atoms with Crippen molar-refractivity contribution < 1.29 is 9.53 Å². The van der Waals surface area contributed by atoms with E-state index in [9.17, 15) is 4.79 Å². The number of hydrogen-bond acceptors (Lipinski definition) is 3. The van der Waals surface area contributed by atoms with Crippen LogP contribution in [-0.4, -0.2) is 23.9 Å². The van der Waals surface area contributed by atoms with Crippen LogP contribution in [0, 0.1) is 6.92 Å². The highest BCUT2D eigenvalue weighted by molar-refractivity contribution is 5.82. The molecule has 4 nitrogen and oxygen atoms in total. The van der Waals surface area contributed by atoms with Gasteiger partial charge in [0.05, 0.1) is 0 Å². The molecule has 0 saturated carbocycles. The van der Waals surface area contributed by atoms with Gasteiger partial charge in [0, 0.05) is 41.8 Å². The molecule has 0 amide bonds. The quantitative estimate of drug-likeness (QED) is 0.618. The first-order valence-corrected chi connectivity index (χ1v) is 10.2. The van der Waals surface area contributed by atoms with Crippen molar-refractivity contribution in [1.29, 1.82) is 0 Å². The second-order valence-corrected chi connectivity index (χ2v) is 7.85. The number of benzene rings is 2. The van der Waals surface area contributed by atoms with Crippen LogP contribution < -0.4 is 9.64 Å². The van der Waals surface area contributed by atoms with E-state index in [0.717, 1.165) is 28.8 Å². The lowest BCUT2D eigenvalue weighted by Crippen LogP contribution is -2.18. The van der Waals surface area contributed by atoms with E-state index >= 15 is 0 Å². The average molecular weight is 377 g/mol. The van der Waals surface area contributed by atoms with E-state index in [1.54, 1.807) is 6.92 Å². The van der Waals surface area contributed by atoms with Gasteiger partial charge in [-0.25, -0.2) is 0 Å². The number of fused-ring (bicyclic) bond motifs is 1. The Kier molecular flexibility index (Phi) is 5.38. The SMILES string of the molecule is CC(=O)CCc1cc2cc(OCc3ccc(N4CCCC4)c(C)c3)ccc2[nH]1. The lowest BCUT2D eigenvalue weighted by atomic mass is 10.1. The van der Waals surface area contributed by atoms with E-state index in [4.69, 9.17) is 4.74 Å². The van der Waals surface area contributed by atoms with Gasteiger partial charge in [0.25, 0.3) is 0 Å². The highest BCUT2D eigenvalue weighted by Gasteiger charge is 2.14. The van der Waals surface area contributed by atoms with Crippen LogP contribution in [0.5, 0.6) is 5.75 Å². The number of aromatic nitrogens is 1. The van der Waals surface area contributed by atoms with Crippen molar-refractivity contribution in [2.24, 2.45) is 0 Å². The number of carbonyl (C=O) groups is 1. The third-order valence-corrected chi connectivity index (χ3v) is 5.51. The zero-order chi connectivity index (χ0) is 19.5. The summed E-state index contributed by atoms with van der Waals surface area (Å²) in [7, 11) is 0. The number of carbonyl (C=O) groups excluding carboxylic acids is 1. The van der Waals surface area contributed by atoms with Gasteiger partial charge >= 0.3 is 0 Å². The molecule has 146 valence electrons. The number of anilines is 1. The van der Waals surface area contributed by atoms with Gasteiger partial charge in [-0.1, -0.05) is 12.1 Å². The summed E-state index contributed by atoms with van der Waals surface area (Å²) in [4.78, 5) is 17.0. The Balaban J connectivity index is 1.42.